The Balaban J connectivity index is 2.58. The SMILES string of the molecule is CCC(C)(OC)c1nc2c(CN)cccc2[nH]1. The van der Waals surface area contributed by atoms with Crippen molar-refractivity contribution in [2.75, 3.05) is 7.11 Å². The molecule has 0 radical (unpaired) electrons. The van der Waals surface area contributed by atoms with E-state index in [1.165, 1.54) is 0 Å². The quantitative estimate of drug-likeness (QED) is 0.851. The molecule has 0 aliphatic carbocycles. The monoisotopic (exact) mass is 233 g/mol. The number of hydrogen-bond donors (Lipinski definition) is 2. The normalized spacial score (nSPS) is 15.1. The van der Waals surface area contributed by atoms with Crippen molar-refractivity contribution in [3.8, 4) is 0 Å². The molecule has 1 unspecified atom stereocenters. The van der Waals surface area contributed by atoms with Crippen LogP contribution in [0.3, 0.4) is 0 Å². The van der Waals surface area contributed by atoms with E-state index >= 15 is 0 Å². The van der Waals surface area contributed by atoms with Gasteiger partial charge in [-0.1, -0.05) is 19.1 Å². The number of nitrogens with two attached hydrogens (primary N) is 1. The fourth-order valence-corrected chi connectivity index (χ4v) is 1.92. The van der Waals surface area contributed by atoms with E-state index in [0.29, 0.717) is 6.54 Å². The number of ether oxygens (including phenoxy) is 1. The first-order valence-corrected chi connectivity index (χ1v) is 5.88. The van der Waals surface area contributed by atoms with Crippen LogP contribution in [0.2, 0.25) is 0 Å². The zero-order valence-electron chi connectivity index (χ0n) is 10.6. The highest BCUT2D eigenvalue weighted by Gasteiger charge is 2.27. The predicted molar refractivity (Wildman–Crippen MR) is 68.6 cm³/mol. The Kier molecular flexibility index (Phi) is 3.17. The van der Waals surface area contributed by atoms with Crippen molar-refractivity contribution >= 4 is 11.0 Å². The summed E-state index contributed by atoms with van der Waals surface area (Å²) in [5, 5.41) is 0. The molecule has 0 spiro atoms. The molecule has 1 heterocycles. The average Bonchev–Trinajstić information content (AvgIpc) is 2.81. The van der Waals surface area contributed by atoms with Crippen LogP contribution in [-0.2, 0) is 16.9 Å². The van der Waals surface area contributed by atoms with Crippen molar-refractivity contribution in [1.29, 1.82) is 0 Å². The number of aromatic amines is 1. The summed E-state index contributed by atoms with van der Waals surface area (Å²) in [7, 11) is 1.71. The molecule has 1 atom stereocenters. The lowest BCUT2D eigenvalue weighted by molar-refractivity contribution is -0.00804. The van der Waals surface area contributed by atoms with Gasteiger partial charge in [0.25, 0.3) is 0 Å². The van der Waals surface area contributed by atoms with Crippen molar-refractivity contribution in [3.05, 3.63) is 29.6 Å². The molecular weight excluding hydrogens is 214 g/mol. The van der Waals surface area contributed by atoms with Gasteiger partial charge in [0.15, 0.2) is 0 Å². The Labute approximate surface area is 101 Å². The lowest BCUT2D eigenvalue weighted by Gasteiger charge is -2.23. The van der Waals surface area contributed by atoms with Crippen molar-refractivity contribution in [3.63, 3.8) is 0 Å². The molecule has 1 aromatic heterocycles. The van der Waals surface area contributed by atoms with Crippen molar-refractivity contribution in [2.24, 2.45) is 5.73 Å². The standard InChI is InChI=1S/C13H19N3O/c1-4-13(2,17-3)12-15-10-7-5-6-9(8-14)11(10)16-12/h5-7H,4,8,14H2,1-3H3,(H,15,16). The summed E-state index contributed by atoms with van der Waals surface area (Å²) >= 11 is 0. The van der Waals surface area contributed by atoms with Crippen LogP contribution >= 0.6 is 0 Å². The van der Waals surface area contributed by atoms with Crippen LogP contribution in [0.4, 0.5) is 0 Å². The average molecular weight is 233 g/mol. The molecule has 2 rings (SSSR count). The fourth-order valence-electron chi connectivity index (χ4n) is 1.92. The van der Waals surface area contributed by atoms with Crippen LogP contribution in [-0.4, -0.2) is 17.1 Å². The van der Waals surface area contributed by atoms with Gasteiger partial charge in [-0.05, 0) is 25.0 Å². The molecule has 2 aromatic rings. The van der Waals surface area contributed by atoms with Crippen LogP contribution in [0.1, 0.15) is 31.7 Å². The maximum atomic E-state index is 5.71. The Bertz CT molecular complexity index is 514. The summed E-state index contributed by atoms with van der Waals surface area (Å²) in [6.07, 6.45) is 0.862. The molecule has 0 bridgehead atoms. The lowest BCUT2D eigenvalue weighted by atomic mass is 10.0. The largest absolute Gasteiger partial charge is 0.371 e. The second kappa shape index (κ2) is 4.47. The summed E-state index contributed by atoms with van der Waals surface area (Å²) < 4.78 is 5.55. The number of benzene rings is 1. The maximum absolute atomic E-state index is 5.71. The third-order valence-corrected chi connectivity index (χ3v) is 3.44. The molecule has 1 aromatic carbocycles. The molecule has 4 nitrogen and oxygen atoms in total. The Morgan fingerprint density at radius 2 is 2.24 bits per heavy atom. The highest BCUT2D eigenvalue weighted by molar-refractivity contribution is 5.78. The lowest BCUT2D eigenvalue weighted by Crippen LogP contribution is -2.24. The van der Waals surface area contributed by atoms with E-state index in [4.69, 9.17) is 10.5 Å². The fraction of sp³-hybridized carbons (Fsp3) is 0.462. The first kappa shape index (κ1) is 12.1. The third kappa shape index (κ3) is 1.94. The van der Waals surface area contributed by atoms with Gasteiger partial charge in [-0.3, -0.25) is 0 Å². The molecule has 0 fully saturated rings. The molecule has 0 aliphatic rings. The Morgan fingerprint density at radius 3 is 2.82 bits per heavy atom. The maximum Gasteiger partial charge on any atom is 0.139 e. The molecule has 3 N–H and O–H groups in total. The molecule has 0 saturated carbocycles. The predicted octanol–water partition coefficient (Wildman–Crippen LogP) is 2.29. The smallest absolute Gasteiger partial charge is 0.139 e. The minimum atomic E-state index is -0.370. The highest BCUT2D eigenvalue weighted by atomic mass is 16.5. The Hall–Kier alpha value is -1.39. The third-order valence-electron chi connectivity index (χ3n) is 3.44. The van der Waals surface area contributed by atoms with E-state index in [-0.39, 0.29) is 5.60 Å². The minimum absolute atomic E-state index is 0.370. The van der Waals surface area contributed by atoms with Crippen LogP contribution in [0.15, 0.2) is 18.2 Å². The number of methoxy groups -OCH3 is 1. The zero-order valence-corrected chi connectivity index (χ0v) is 10.6. The summed E-state index contributed by atoms with van der Waals surface area (Å²) in [5.74, 6) is 0.860. The molecule has 0 saturated heterocycles. The van der Waals surface area contributed by atoms with Gasteiger partial charge in [0.05, 0.1) is 11.0 Å². The van der Waals surface area contributed by atoms with Gasteiger partial charge in [0, 0.05) is 13.7 Å². The number of fused-ring (bicyclic) bond motifs is 1. The number of rotatable bonds is 4. The van der Waals surface area contributed by atoms with E-state index in [1.807, 2.05) is 25.1 Å². The molecule has 0 amide bonds. The van der Waals surface area contributed by atoms with Gasteiger partial charge in [-0.25, -0.2) is 4.98 Å². The summed E-state index contributed by atoms with van der Waals surface area (Å²) in [4.78, 5) is 7.96. The number of para-hydroxylation sites is 1. The number of H-pyrrole nitrogens is 1. The second-order valence-corrected chi connectivity index (χ2v) is 4.39. The van der Waals surface area contributed by atoms with E-state index in [2.05, 4.69) is 16.9 Å². The molecule has 92 valence electrons. The van der Waals surface area contributed by atoms with Crippen molar-refractivity contribution in [2.45, 2.75) is 32.4 Å². The van der Waals surface area contributed by atoms with Gasteiger partial charge in [-0.2, -0.15) is 0 Å². The number of aromatic nitrogens is 2. The van der Waals surface area contributed by atoms with Gasteiger partial charge in [-0.15, -0.1) is 0 Å². The first-order chi connectivity index (χ1) is 8.14. The number of hydrogen-bond acceptors (Lipinski definition) is 3. The Morgan fingerprint density at radius 1 is 1.47 bits per heavy atom. The van der Waals surface area contributed by atoms with Crippen molar-refractivity contribution in [1.82, 2.24) is 9.97 Å². The van der Waals surface area contributed by atoms with Crippen LogP contribution < -0.4 is 5.73 Å². The number of imidazole rings is 1. The molecular formula is C13H19N3O. The summed E-state index contributed by atoms with van der Waals surface area (Å²) in [5.41, 5.74) is 8.36. The van der Waals surface area contributed by atoms with E-state index < -0.39 is 0 Å². The summed E-state index contributed by atoms with van der Waals surface area (Å²) in [6, 6.07) is 6.00. The minimum Gasteiger partial charge on any atom is -0.371 e. The first-order valence-electron chi connectivity index (χ1n) is 5.88. The van der Waals surface area contributed by atoms with Crippen LogP contribution in [0.5, 0.6) is 0 Å². The van der Waals surface area contributed by atoms with E-state index in [9.17, 15) is 0 Å². The van der Waals surface area contributed by atoms with Gasteiger partial charge >= 0.3 is 0 Å². The summed E-state index contributed by atoms with van der Waals surface area (Å²) in [6.45, 7) is 4.62. The molecule has 0 aliphatic heterocycles. The topological polar surface area (TPSA) is 63.9 Å². The molecule has 17 heavy (non-hydrogen) atoms. The number of nitrogens with zero attached hydrogens (tertiary/aromatic N) is 1. The van der Waals surface area contributed by atoms with Gasteiger partial charge in [0.1, 0.15) is 11.4 Å². The van der Waals surface area contributed by atoms with Crippen LogP contribution in [0.25, 0.3) is 11.0 Å². The van der Waals surface area contributed by atoms with E-state index in [0.717, 1.165) is 28.8 Å². The van der Waals surface area contributed by atoms with Gasteiger partial charge in [0.2, 0.25) is 0 Å². The van der Waals surface area contributed by atoms with Crippen LogP contribution in [0, 0.1) is 0 Å². The zero-order chi connectivity index (χ0) is 12.5. The highest BCUT2D eigenvalue weighted by Crippen LogP contribution is 2.28. The number of nitrogens with one attached hydrogen (secondary N) is 1. The molecule has 4 heteroatoms. The van der Waals surface area contributed by atoms with Gasteiger partial charge < -0.3 is 15.5 Å². The van der Waals surface area contributed by atoms with E-state index in [1.54, 1.807) is 7.11 Å². The second-order valence-electron chi connectivity index (χ2n) is 4.39. The van der Waals surface area contributed by atoms with Crippen molar-refractivity contribution < 1.29 is 4.74 Å².